The number of amides is 1. The van der Waals surface area contributed by atoms with Gasteiger partial charge in [0.05, 0.1) is 6.61 Å². The van der Waals surface area contributed by atoms with Crippen LogP contribution in [-0.2, 0) is 5.41 Å². The lowest BCUT2D eigenvalue weighted by atomic mass is 9.86. The summed E-state index contributed by atoms with van der Waals surface area (Å²) in [5.41, 5.74) is 1.95. The van der Waals surface area contributed by atoms with Crippen molar-refractivity contribution < 1.29 is 9.53 Å². The molecular weight excluding hydrogens is 342 g/mol. The third-order valence-corrected chi connectivity index (χ3v) is 6.76. The molecule has 0 aliphatic carbocycles. The Balaban J connectivity index is 1.49. The number of hydrogen-bond acceptors (Lipinski definition) is 3. The molecule has 2 aromatic carbocycles. The Bertz CT molecular complexity index is 786. The van der Waals surface area contributed by atoms with Gasteiger partial charge in [-0.15, -0.1) is 11.8 Å². The molecule has 2 aliphatic heterocycles. The standard InChI is InChI=1S/C22H25NO2S/c1-22(16-26-18-8-4-2-5-9-18)15-25-20-14-17(10-11-19(20)22)21(24)23-12-6-3-7-13-23/h2,4-5,8-11,14H,3,6-7,12-13,15-16H2,1H3. The summed E-state index contributed by atoms with van der Waals surface area (Å²) in [7, 11) is 0. The molecule has 2 aromatic rings. The summed E-state index contributed by atoms with van der Waals surface area (Å²) in [6.07, 6.45) is 3.46. The maximum absolute atomic E-state index is 12.7. The Morgan fingerprint density at radius 1 is 1.12 bits per heavy atom. The molecule has 2 heterocycles. The number of ether oxygens (including phenoxy) is 1. The zero-order chi connectivity index (χ0) is 18.0. The number of nitrogens with zero attached hydrogens (tertiary/aromatic N) is 1. The second kappa shape index (κ2) is 7.36. The molecule has 4 rings (SSSR count). The second-order valence-corrected chi connectivity index (χ2v) is 8.56. The fourth-order valence-electron chi connectivity index (χ4n) is 3.75. The van der Waals surface area contributed by atoms with E-state index in [1.54, 1.807) is 0 Å². The first-order chi connectivity index (χ1) is 12.7. The second-order valence-electron chi connectivity index (χ2n) is 7.51. The lowest BCUT2D eigenvalue weighted by Crippen LogP contribution is -2.35. The van der Waals surface area contributed by atoms with Gasteiger partial charge in [0.1, 0.15) is 5.75 Å². The molecule has 0 bridgehead atoms. The Morgan fingerprint density at radius 3 is 2.65 bits per heavy atom. The summed E-state index contributed by atoms with van der Waals surface area (Å²) in [4.78, 5) is 16.0. The molecule has 0 saturated carbocycles. The summed E-state index contributed by atoms with van der Waals surface area (Å²) >= 11 is 1.86. The van der Waals surface area contributed by atoms with Crippen molar-refractivity contribution in [1.29, 1.82) is 0 Å². The van der Waals surface area contributed by atoms with Crippen LogP contribution < -0.4 is 4.74 Å². The van der Waals surface area contributed by atoms with Gasteiger partial charge in [-0.05, 0) is 43.5 Å². The third kappa shape index (κ3) is 3.48. The van der Waals surface area contributed by atoms with E-state index in [4.69, 9.17) is 4.74 Å². The van der Waals surface area contributed by atoms with Gasteiger partial charge < -0.3 is 9.64 Å². The fraction of sp³-hybridized carbons (Fsp3) is 0.409. The van der Waals surface area contributed by atoms with Gasteiger partial charge >= 0.3 is 0 Å². The number of piperidine rings is 1. The minimum absolute atomic E-state index is 0.0253. The summed E-state index contributed by atoms with van der Waals surface area (Å²) < 4.78 is 6.00. The van der Waals surface area contributed by atoms with Gasteiger partial charge in [-0.25, -0.2) is 0 Å². The van der Waals surface area contributed by atoms with E-state index in [9.17, 15) is 4.79 Å². The van der Waals surface area contributed by atoms with Gasteiger partial charge in [-0.3, -0.25) is 4.79 Å². The summed E-state index contributed by atoms with van der Waals surface area (Å²) in [5.74, 6) is 1.98. The molecule has 2 aliphatic rings. The normalized spacial score (nSPS) is 22.0. The van der Waals surface area contributed by atoms with E-state index < -0.39 is 0 Å². The van der Waals surface area contributed by atoms with Gasteiger partial charge in [0.2, 0.25) is 0 Å². The van der Waals surface area contributed by atoms with Crippen LogP contribution in [0, 0.1) is 0 Å². The van der Waals surface area contributed by atoms with Crippen LogP contribution in [0.25, 0.3) is 0 Å². The van der Waals surface area contributed by atoms with E-state index in [2.05, 4.69) is 37.3 Å². The number of hydrogen-bond donors (Lipinski definition) is 0. The van der Waals surface area contributed by atoms with Crippen LogP contribution in [0.1, 0.15) is 42.1 Å². The lowest BCUT2D eigenvalue weighted by molar-refractivity contribution is 0.0724. The molecule has 3 nitrogen and oxygen atoms in total. The van der Waals surface area contributed by atoms with Crippen LogP contribution in [0.15, 0.2) is 53.4 Å². The number of carbonyl (C=O) groups is 1. The molecule has 4 heteroatoms. The molecule has 1 atom stereocenters. The monoisotopic (exact) mass is 367 g/mol. The van der Waals surface area contributed by atoms with E-state index in [0.717, 1.165) is 43.0 Å². The van der Waals surface area contributed by atoms with E-state index in [-0.39, 0.29) is 11.3 Å². The Hall–Kier alpha value is -1.94. The Morgan fingerprint density at radius 2 is 1.88 bits per heavy atom. The van der Waals surface area contributed by atoms with Crippen molar-refractivity contribution in [2.45, 2.75) is 36.5 Å². The predicted octanol–water partition coefficient (Wildman–Crippen LogP) is 4.76. The minimum Gasteiger partial charge on any atom is -0.492 e. The third-order valence-electron chi connectivity index (χ3n) is 5.37. The molecule has 0 aromatic heterocycles. The SMILES string of the molecule is CC1(CSc2ccccc2)COc2cc(C(=O)N3CCCCC3)ccc21. The van der Waals surface area contributed by atoms with Gasteiger partial charge in [0, 0.05) is 40.3 Å². The van der Waals surface area contributed by atoms with Crippen molar-refractivity contribution in [1.82, 2.24) is 4.90 Å². The number of benzene rings is 2. The predicted molar refractivity (Wildman–Crippen MR) is 106 cm³/mol. The smallest absolute Gasteiger partial charge is 0.253 e. The maximum atomic E-state index is 12.7. The van der Waals surface area contributed by atoms with E-state index in [1.807, 2.05) is 34.9 Å². The molecule has 136 valence electrons. The van der Waals surface area contributed by atoms with Crippen LogP contribution in [0.2, 0.25) is 0 Å². The summed E-state index contributed by atoms with van der Waals surface area (Å²) in [6.45, 7) is 4.68. The first-order valence-corrected chi connectivity index (χ1v) is 10.4. The van der Waals surface area contributed by atoms with Crippen LogP contribution in [-0.4, -0.2) is 36.3 Å². The average molecular weight is 368 g/mol. The Kier molecular flexibility index (Phi) is 4.94. The van der Waals surface area contributed by atoms with Crippen molar-refractivity contribution in [3.63, 3.8) is 0 Å². The van der Waals surface area contributed by atoms with E-state index >= 15 is 0 Å². The molecule has 0 radical (unpaired) electrons. The van der Waals surface area contributed by atoms with Crippen LogP contribution >= 0.6 is 11.8 Å². The molecule has 1 saturated heterocycles. The quantitative estimate of drug-likeness (QED) is 0.730. The topological polar surface area (TPSA) is 29.5 Å². The highest BCUT2D eigenvalue weighted by molar-refractivity contribution is 7.99. The Labute approximate surface area is 159 Å². The minimum atomic E-state index is -0.0253. The van der Waals surface area contributed by atoms with Crippen LogP contribution in [0.4, 0.5) is 0 Å². The highest BCUT2D eigenvalue weighted by atomic mass is 32.2. The molecule has 1 fully saturated rings. The van der Waals surface area contributed by atoms with Gasteiger partial charge in [0.25, 0.3) is 5.91 Å². The van der Waals surface area contributed by atoms with E-state index in [1.165, 1.54) is 16.9 Å². The van der Waals surface area contributed by atoms with Crippen molar-refractivity contribution in [3.8, 4) is 5.75 Å². The number of carbonyl (C=O) groups excluding carboxylic acids is 1. The lowest BCUT2D eigenvalue weighted by Gasteiger charge is -2.27. The van der Waals surface area contributed by atoms with Gasteiger partial charge in [0.15, 0.2) is 0 Å². The summed E-state index contributed by atoms with van der Waals surface area (Å²) in [6, 6.07) is 16.5. The highest BCUT2D eigenvalue weighted by Crippen LogP contribution is 2.42. The molecule has 0 N–H and O–H groups in total. The number of likely N-dealkylation sites (tertiary alicyclic amines) is 1. The van der Waals surface area contributed by atoms with Gasteiger partial charge in [-0.2, -0.15) is 0 Å². The van der Waals surface area contributed by atoms with Crippen molar-refractivity contribution in [3.05, 3.63) is 59.7 Å². The van der Waals surface area contributed by atoms with Crippen molar-refractivity contribution in [2.75, 3.05) is 25.4 Å². The van der Waals surface area contributed by atoms with Crippen LogP contribution in [0.3, 0.4) is 0 Å². The largest absolute Gasteiger partial charge is 0.492 e. The molecule has 1 amide bonds. The number of fused-ring (bicyclic) bond motifs is 1. The number of thioether (sulfide) groups is 1. The van der Waals surface area contributed by atoms with Gasteiger partial charge in [-0.1, -0.05) is 31.2 Å². The zero-order valence-corrected chi connectivity index (χ0v) is 16.1. The number of rotatable bonds is 4. The zero-order valence-electron chi connectivity index (χ0n) is 15.2. The fourth-order valence-corrected chi connectivity index (χ4v) is 4.82. The van der Waals surface area contributed by atoms with E-state index in [0.29, 0.717) is 6.61 Å². The average Bonchev–Trinajstić information content (AvgIpc) is 3.04. The van der Waals surface area contributed by atoms with Crippen LogP contribution in [0.5, 0.6) is 5.75 Å². The highest BCUT2D eigenvalue weighted by Gasteiger charge is 2.37. The molecule has 0 spiro atoms. The summed E-state index contributed by atoms with van der Waals surface area (Å²) in [5, 5.41) is 0. The first-order valence-electron chi connectivity index (χ1n) is 9.40. The maximum Gasteiger partial charge on any atom is 0.253 e. The van der Waals surface area contributed by atoms with Crippen molar-refractivity contribution >= 4 is 17.7 Å². The first kappa shape index (κ1) is 17.5. The van der Waals surface area contributed by atoms with Crippen molar-refractivity contribution in [2.24, 2.45) is 0 Å². The molecule has 1 unspecified atom stereocenters. The molecular formula is C22H25NO2S. The molecule has 26 heavy (non-hydrogen) atoms.